The van der Waals surface area contributed by atoms with Crippen molar-refractivity contribution in [3.8, 4) is 0 Å². The summed E-state index contributed by atoms with van der Waals surface area (Å²) in [7, 11) is 0. The lowest BCUT2D eigenvalue weighted by atomic mass is 9.92. The van der Waals surface area contributed by atoms with E-state index < -0.39 is 0 Å². The van der Waals surface area contributed by atoms with E-state index in [9.17, 15) is 14.7 Å². The first-order valence-electron chi connectivity index (χ1n) is 7.25. The second kappa shape index (κ2) is 5.37. The summed E-state index contributed by atoms with van der Waals surface area (Å²) in [5, 5.41) is 9.54. The molecule has 2 fully saturated rings. The summed E-state index contributed by atoms with van der Waals surface area (Å²) >= 11 is 0. The van der Waals surface area contributed by atoms with E-state index in [0.29, 0.717) is 12.8 Å². The summed E-state index contributed by atoms with van der Waals surface area (Å²) in [4.78, 5) is 26.2. The smallest absolute Gasteiger partial charge is 0.237 e. The van der Waals surface area contributed by atoms with Crippen molar-refractivity contribution in [2.75, 3.05) is 0 Å². The van der Waals surface area contributed by atoms with Crippen LogP contribution < -0.4 is 0 Å². The average Bonchev–Trinajstić information content (AvgIpc) is 2.76. The van der Waals surface area contributed by atoms with E-state index in [0.717, 1.165) is 18.4 Å². The standard InChI is InChI=1S/C16H19NO3/c18-13-8-6-12(7-9-13)17-15(19)10-14(16(17)20)11-4-2-1-3-5-11/h1-5,12-14,18H,6-10H2. The Bertz CT molecular complexity index is 506. The summed E-state index contributed by atoms with van der Waals surface area (Å²) in [6, 6.07) is 9.49. The fraction of sp³-hybridized carbons (Fsp3) is 0.500. The Kier molecular flexibility index (Phi) is 3.57. The third-order valence-electron chi connectivity index (χ3n) is 4.42. The summed E-state index contributed by atoms with van der Waals surface area (Å²) < 4.78 is 0. The molecule has 0 spiro atoms. The topological polar surface area (TPSA) is 57.6 Å². The van der Waals surface area contributed by atoms with Gasteiger partial charge in [-0.3, -0.25) is 14.5 Å². The number of carbonyl (C=O) groups is 2. The van der Waals surface area contributed by atoms with Gasteiger partial charge in [0.15, 0.2) is 0 Å². The fourth-order valence-corrected chi connectivity index (χ4v) is 3.30. The number of imide groups is 1. The fourth-order valence-electron chi connectivity index (χ4n) is 3.30. The van der Waals surface area contributed by atoms with Crippen LogP contribution in [-0.2, 0) is 9.59 Å². The largest absolute Gasteiger partial charge is 0.393 e. The number of aliphatic hydroxyl groups is 1. The highest BCUT2D eigenvalue weighted by Crippen LogP contribution is 2.34. The Morgan fingerprint density at radius 1 is 1.00 bits per heavy atom. The van der Waals surface area contributed by atoms with E-state index in [2.05, 4.69) is 0 Å². The molecule has 1 aliphatic carbocycles. The summed E-state index contributed by atoms with van der Waals surface area (Å²) in [6.45, 7) is 0. The van der Waals surface area contributed by atoms with Crippen LogP contribution in [0.25, 0.3) is 0 Å². The van der Waals surface area contributed by atoms with E-state index in [1.54, 1.807) is 0 Å². The lowest BCUT2D eigenvalue weighted by molar-refractivity contribution is -0.142. The van der Waals surface area contributed by atoms with Crippen molar-refractivity contribution in [3.63, 3.8) is 0 Å². The van der Waals surface area contributed by atoms with Crippen molar-refractivity contribution < 1.29 is 14.7 Å². The van der Waals surface area contributed by atoms with Gasteiger partial charge in [-0.2, -0.15) is 0 Å². The Hall–Kier alpha value is -1.68. The summed E-state index contributed by atoms with van der Waals surface area (Å²) in [5.74, 6) is -0.455. The van der Waals surface area contributed by atoms with Crippen LogP contribution in [0, 0.1) is 0 Å². The normalized spacial score (nSPS) is 30.9. The number of hydrogen-bond acceptors (Lipinski definition) is 3. The molecule has 1 aromatic carbocycles. The van der Waals surface area contributed by atoms with Gasteiger partial charge in [0.1, 0.15) is 0 Å². The lowest BCUT2D eigenvalue weighted by Crippen LogP contribution is -2.42. The molecule has 1 saturated heterocycles. The molecule has 1 saturated carbocycles. The predicted molar refractivity (Wildman–Crippen MR) is 73.9 cm³/mol. The number of carbonyl (C=O) groups excluding carboxylic acids is 2. The molecule has 0 radical (unpaired) electrons. The number of rotatable bonds is 2. The maximum absolute atomic E-state index is 12.5. The van der Waals surface area contributed by atoms with Crippen molar-refractivity contribution in [2.45, 2.75) is 50.2 Å². The van der Waals surface area contributed by atoms with Crippen LogP contribution in [0.15, 0.2) is 30.3 Å². The average molecular weight is 273 g/mol. The minimum absolute atomic E-state index is 0.0212. The molecule has 1 heterocycles. The minimum atomic E-state index is -0.324. The van der Waals surface area contributed by atoms with Crippen molar-refractivity contribution in [1.82, 2.24) is 4.90 Å². The van der Waals surface area contributed by atoms with Gasteiger partial charge in [0.25, 0.3) is 0 Å². The Morgan fingerprint density at radius 2 is 1.65 bits per heavy atom. The van der Waals surface area contributed by atoms with E-state index in [-0.39, 0.29) is 36.3 Å². The number of nitrogens with zero attached hydrogens (tertiary/aromatic N) is 1. The van der Waals surface area contributed by atoms with E-state index in [1.165, 1.54) is 4.90 Å². The van der Waals surface area contributed by atoms with Gasteiger partial charge in [0.2, 0.25) is 11.8 Å². The van der Waals surface area contributed by atoms with Gasteiger partial charge < -0.3 is 5.11 Å². The van der Waals surface area contributed by atoms with Crippen LogP contribution in [0.3, 0.4) is 0 Å². The van der Waals surface area contributed by atoms with Crippen LogP contribution >= 0.6 is 0 Å². The Morgan fingerprint density at radius 3 is 2.30 bits per heavy atom. The molecule has 1 N–H and O–H groups in total. The second-order valence-electron chi connectivity index (χ2n) is 5.73. The number of benzene rings is 1. The third-order valence-corrected chi connectivity index (χ3v) is 4.42. The van der Waals surface area contributed by atoms with Gasteiger partial charge in [0, 0.05) is 12.5 Å². The maximum Gasteiger partial charge on any atom is 0.237 e. The zero-order valence-corrected chi connectivity index (χ0v) is 11.4. The zero-order valence-electron chi connectivity index (χ0n) is 11.4. The molecule has 106 valence electrons. The molecule has 2 aliphatic rings. The summed E-state index contributed by atoms with van der Waals surface area (Å²) in [6.07, 6.45) is 2.81. The number of likely N-dealkylation sites (tertiary alicyclic amines) is 1. The van der Waals surface area contributed by atoms with Crippen molar-refractivity contribution in [1.29, 1.82) is 0 Å². The third kappa shape index (κ3) is 2.36. The highest BCUT2D eigenvalue weighted by molar-refractivity contribution is 6.06. The highest BCUT2D eigenvalue weighted by Gasteiger charge is 2.43. The van der Waals surface area contributed by atoms with Gasteiger partial charge in [0.05, 0.1) is 12.0 Å². The molecule has 1 atom stereocenters. The number of amides is 2. The molecule has 2 amide bonds. The second-order valence-corrected chi connectivity index (χ2v) is 5.73. The Labute approximate surface area is 118 Å². The quantitative estimate of drug-likeness (QED) is 0.836. The van der Waals surface area contributed by atoms with E-state index >= 15 is 0 Å². The molecule has 1 unspecified atom stereocenters. The molecular weight excluding hydrogens is 254 g/mol. The van der Waals surface area contributed by atoms with Gasteiger partial charge >= 0.3 is 0 Å². The van der Waals surface area contributed by atoms with Crippen molar-refractivity contribution >= 4 is 11.8 Å². The Balaban J connectivity index is 1.77. The first kappa shape index (κ1) is 13.3. The monoisotopic (exact) mass is 273 g/mol. The SMILES string of the molecule is O=C1CC(c2ccccc2)C(=O)N1C1CCC(O)CC1. The first-order chi connectivity index (χ1) is 9.66. The van der Waals surface area contributed by atoms with Crippen LogP contribution in [-0.4, -0.2) is 34.0 Å². The first-order valence-corrected chi connectivity index (χ1v) is 7.25. The van der Waals surface area contributed by atoms with Crippen molar-refractivity contribution in [3.05, 3.63) is 35.9 Å². The van der Waals surface area contributed by atoms with Gasteiger partial charge in [-0.15, -0.1) is 0 Å². The van der Waals surface area contributed by atoms with Gasteiger partial charge in [-0.1, -0.05) is 30.3 Å². The molecular formula is C16H19NO3. The van der Waals surface area contributed by atoms with E-state index in [4.69, 9.17) is 0 Å². The lowest BCUT2D eigenvalue weighted by Gasteiger charge is -2.31. The molecule has 0 aromatic heterocycles. The van der Waals surface area contributed by atoms with Crippen molar-refractivity contribution in [2.24, 2.45) is 0 Å². The maximum atomic E-state index is 12.5. The molecule has 1 aliphatic heterocycles. The predicted octanol–water partition coefficient (Wildman–Crippen LogP) is 1.83. The van der Waals surface area contributed by atoms with Crippen LogP contribution in [0.1, 0.15) is 43.6 Å². The zero-order chi connectivity index (χ0) is 14.1. The highest BCUT2D eigenvalue weighted by atomic mass is 16.3. The van der Waals surface area contributed by atoms with Crippen LogP contribution in [0.2, 0.25) is 0 Å². The van der Waals surface area contributed by atoms with Crippen LogP contribution in [0.4, 0.5) is 0 Å². The van der Waals surface area contributed by atoms with Gasteiger partial charge in [-0.25, -0.2) is 0 Å². The van der Waals surface area contributed by atoms with Crippen LogP contribution in [0.5, 0.6) is 0 Å². The molecule has 0 bridgehead atoms. The molecule has 4 heteroatoms. The van der Waals surface area contributed by atoms with E-state index in [1.807, 2.05) is 30.3 Å². The molecule has 20 heavy (non-hydrogen) atoms. The summed E-state index contributed by atoms with van der Waals surface area (Å²) in [5.41, 5.74) is 0.921. The molecule has 4 nitrogen and oxygen atoms in total. The van der Waals surface area contributed by atoms with Gasteiger partial charge in [-0.05, 0) is 31.2 Å². The molecule has 3 rings (SSSR count). The molecule has 1 aromatic rings. The number of aliphatic hydroxyl groups excluding tert-OH is 1. The number of hydrogen-bond donors (Lipinski definition) is 1. The minimum Gasteiger partial charge on any atom is -0.393 e.